The molecular weight excluding hydrogens is 248 g/mol. The third kappa shape index (κ3) is 5.87. The van der Waals surface area contributed by atoms with E-state index in [2.05, 4.69) is 0 Å². The summed E-state index contributed by atoms with van der Waals surface area (Å²) in [7, 11) is 0. The molecule has 0 aromatic heterocycles. The number of primary amides is 1. The highest BCUT2D eigenvalue weighted by Crippen LogP contribution is 2.13. The number of benzene rings is 1. The zero-order chi connectivity index (χ0) is 14.3. The van der Waals surface area contributed by atoms with E-state index in [9.17, 15) is 9.59 Å². The SMILES string of the molecule is CCOc1ccc(CN(CC(N)=O)CC(=O)O)cc1. The third-order valence-corrected chi connectivity index (χ3v) is 2.38. The van der Waals surface area contributed by atoms with Crippen LogP contribution in [-0.4, -0.2) is 41.6 Å². The summed E-state index contributed by atoms with van der Waals surface area (Å²) in [6.07, 6.45) is 0. The Bertz CT molecular complexity index is 415. The quantitative estimate of drug-likeness (QED) is 0.713. The van der Waals surface area contributed by atoms with Crippen LogP contribution in [0.15, 0.2) is 24.3 Å². The number of nitrogens with zero attached hydrogens (tertiary/aromatic N) is 1. The first-order valence-corrected chi connectivity index (χ1v) is 5.95. The average Bonchev–Trinajstić information content (AvgIpc) is 2.30. The molecule has 1 aromatic carbocycles. The van der Waals surface area contributed by atoms with Gasteiger partial charge in [-0.25, -0.2) is 0 Å². The van der Waals surface area contributed by atoms with Crippen molar-refractivity contribution >= 4 is 11.9 Å². The van der Waals surface area contributed by atoms with Gasteiger partial charge in [0.05, 0.1) is 19.7 Å². The van der Waals surface area contributed by atoms with Gasteiger partial charge in [-0.15, -0.1) is 0 Å². The minimum absolute atomic E-state index is 0.0838. The van der Waals surface area contributed by atoms with Crippen LogP contribution in [0.3, 0.4) is 0 Å². The maximum absolute atomic E-state index is 10.9. The highest BCUT2D eigenvalue weighted by Gasteiger charge is 2.12. The van der Waals surface area contributed by atoms with Crippen LogP contribution in [0.1, 0.15) is 12.5 Å². The van der Waals surface area contributed by atoms with Gasteiger partial charge in [-0.2, -0.15) is 0 Å². The van der Waals surface area contributed by atoms with Crippen molar-refractivity contribution in [3.63, 3.8) is 0 Å². The van der Waals surface area contributed by atoms with E-state index in [0.717, 1.165) is 11.3 Å². The van der Waals surface area contributed by atoms with Gasteiger partial charge in [0.1, 0.15) is 5.75 Å². The average molecular weight is 266 g/mol. The van der Waals surface area contributed by atoms with E-state index in [1.807, 2.05) is 31.2 Å². The molecular formula is C13H18N2O4. The summed E-state index contributed by atoms with van der Waals surface area (Å²) in [5, 5.41) is 8.78. The van der Waals surface area contributed by atoms with Crippen LogP contribution in [0.5, 0.6) is 5.75 Å². The molecule has 1 amide bonds. The second-order valence-electron chi connectivity index (χ2n) is 4.08. The Hall–Kier alpha value is -2.08. The highest BCUT2D eigenvalue weighted by molar-refractivity contribution is 5.77. The van der Waals surface area contributed by atoms with Gasteiger partial charge in [-0.05, 0) is 24.6 Å². The van der Waals surface area contributed by atoms with Crippen molar-refractivity contribution in [2.45, 2.75) is 13.5 Å². The number of ether oxygens (including phenoxy) is 1. The second kappa shape index (κ2) is 7.38. The molecule has 3 N–H and O–H groups in total. The summed E-state index contributed by atoms with van der Waals surface area (Å²) in [6.45, 7) is 2.53. The van der Waals surface area contributed by atoms with Gasteiger partial charge in [0.25, 0.3) is 0 Å². The molecule has 19 heavy (non-hydrogen) atoms. The fraction of sp³-hybridized carbons (Fsp3) is 0.385. The lowest BCUT2D eigenvalue weighted by molar-refractivity contribution is -0.138. The van der Waals surface area contributed by atoms with Gasteiger partial charge in [0.2, 0.25) is 5.91 Å². The highest BCUT2D eigenvalue weighted by atomic mass is 16.5. The molecule has 0 heterocycles. The van der Waals surface area contributed by atoms with Crippen LogP contribution >= 0.6 is 0 Å². The molecule has 0 saturated heterocycles. The molecule has 0 bridgehead atoms. The van der Waals surface area contributed by atoms with E-state index in [1.54, 1.807) is 0 Å². The van der Waals surface area contributed by atoms with E-state index in [-0.39, 0.29) is 13.1 Å². The van der Waals surface area contributed by atoms with Crippen molar-refractivity contribution < 1.29 is 19.4 Å². The topological polar surface area (TPSA) is 92.9 Å². The van der Waals surface area contributed by atoms with Gasteiger partial charge in [0.15, 0.2) is 0 Å². The van der Waals surface area contributed by atoms with Crippen LogP contribution in [0.2, 0.25) is 0 Å². The molecule has 1 aromatic rings. The summed E-state index contributed by atoms with van der Waals surface area (Å²) in [5.41, 5.74) is 5.99. The van der Waals surface area contributed by atoms with E-state index in [4.69, 9.17) is 15.6 Å². The molecule has 0 aliphatic rings. The van der Waals surface area contributed by atoms with Gasteiger partial charge < -0.3 is 15.6 Å². The Morgan fingerprint density at radius 2 is 1.89 bits per heavy atom. The molecule has 0 unspecified atom stereocenters. The molecule has 6 nitrogen and oxygen atoms in total. The molecule has 0 spiro atoms. The first-order valence-electron chi connectivity index (χ1n) is 5.95. The first kappa shape index (κ1) is 15.0. The molecule has 104 valence electrons. The lowest BCUT2D eigenvalue weighted by atomic mass is 10.2. The predicted octanol–water partition coefficient (Wildman–Crippen LogP) is 0.457. The standard InChI is InChI=1S/C13H18N2O4/c1-2-19-11-5-3-10(4-6-11)7-15(8-12(14)16)9-13(17)18/h3-6H,2,7-9H2,1H3,(H2,14,16)(H,17,18). The maximum Gasteiger partial charge on any atom is 0.317 e. The minimum atomic E-state index is -0.993. The molecule has 0 aliphatic carbocycles. The summed E-state index contributed by atoms with van der Waals surface area (Å²) < 4.78 is 5.31. The van der Waals surface area contributed by atoms with Crippen LogP contribution < -0.4 is 10.5 Å². The fourth-order valence-electron chi connectivity index (χ4n) is 1.70. The number of hydrogen-bond acceptors (Lipinski definition) is 4. The van der Waals surface area contributed by atoms with Crippen LogP contribution in [0, 0.1) is 0 Å². The van der Waals surface area contributed by atoms with Crippen molar-refractivity contribution in [3.8, 4) is 5.75 Å². The van der Waals surface area contributed by atoms with Crippen molar-refractivity contribution in [1.29, 1.82) is 0 Å². The molecule has 1 rings (SSSR count). The Morgan fingerprint density at radius 3 is 2.37 bits per heavy atom. The number of carboxylic acid groups (broad SMARTS) is 1. The van der Waals surface area contributed by atoms with E-state index in [1.165, 1.54) is 4.90 Å². The zero-order valence-electron chi connectivity index (χ0n) is 10.8. The molecule has 0 saturated carbocycles. The minimum Gasteiger partial charge on any atom is -0.494 e. The molecule has 0 radical (unpaired) electrons. The van der Waals surface area contributed by atoms with Crippen molar-refractivity contribution in [2.24, 2.45) is 5.73 Å². The molecule has 0 fully saturated rings. The van der Waals surface area contributed by atoms with Gasteiger partial charge in [-0.1, -0.05) is 12.1 Å². The largest absolute Gasteiger partial charge is 0.494 e. The van der Waals surface area contributed by atoms with E-state index in [0.29, 0.717) is 13.2 Å². The first-order chi connectivity index (χ1) is 9.01. The predicted molar refractivity (Wildman–Crippen MR) is 69.7 cm³/mol. The zero-order valence-corrected chi connectivity index (χ0v) is 10.8. The van der Waals surface area contributed by atoms with Gasteiger partial charge >= 0.3 is 5.97 Å². The summed E-state index contributed by atoms with van der Waals surface area (Å²) in [6, 6.07) is 7.28. The van der Waals surface area contributed by atoms with Gasteiger partial charge in [-0.3, -0.25) is 14.5 Å². The van der Waals surface area contributed by atoms with E-state index < -0.39 is 11.9 Å². The number of rotatable bonds is 8. The summed E-state index contributed by atoms with van der Waals surface area (Å²) in [4.78, 5) is 23.1. The molecule has 0 atom stereocenters. The normalized spacial score (nSPS) is 10.4. The van der Waals surface area contributed by atoms with Crippen molar-refractivity contribution in [3.05, 3.63) is 29.8 Å². The fourth-order valence-corrected chi connectivity index (χ4v) is 1.70. The van der Waals surface area contributed by atoms with Gasteiger partial charge in [0, 0.05) is 6.54 Å². The van der Waals surface area contributed by atoms with E-state index >= 15 is 0 Å². The monoisotopic (exact) mass is 266 g/mol. The number of hydrogen-bond donors (Lipinski definition) is 2. The van der Waals surface area contributed by atoms with Crippen molar-refractivity contribution in [1.82, 2.24) is 4.90 Å². The van der Waals surface area contributed by atoms with Crippen LogP contribution in [0.4, 0.5) is 0 Å². The number of nitrogens with two attached hydrogens (primary N) is 1. The maximum atomic E-state index is 10.9. The third-order valence-electron chi connectivity index (χ3n) is 2.38. The Kier molecular flexibility index (Phi) is 5.81. The number of amides is 1. The van der Waals surface area contributed by atoms with Crippen LogP contribution in [-0.2, 0) is 16.1 Å². The number of carbonyl (C=O) groups is 2. The van der Waals surface area contributed by atoms with Crippen LogP contribution in [0.25, 0.3) is 0 Å². The molecule has 6 heteroatoms. The Labute approximate surface area is 111 Å². The molecule has 0 aliphatic heterocycles. The second-order valence-corrected chi connectivity index (χ2v) is 4.08. The smallest absolute Gasteiger partial charge is 0.317 e. The number of carboxylic acids is 1. The summed E-state index contributed by atoms with van der Waals surface area (Å²) >= 11 is 0. The van der Waals surface area contributed by atoms with Crippen molar-refractivity contribution in [2.75, 3.05) is 19.7 Å². The number of aliphatic carboxylic acids is 1. The summed E-state index contributed by atoms with van der Waals surface area (Å²) in [5.74, 6) is -0.787. The Morgan fingerprint density at radius 1 is 1.26 bits per heavy atom. The lowest BCUT2D eigenvalue weighted by Crippen LogP contribution is -2.36. The number of carbonyl (C=O) groups excluding carboxylic acids is 1. The Balaban J connectivity index is 2.66. The lowest BCUT2D eigenvalue weighted by Gasteiger charge is -2.18.